The van der Waals surface area contributed by atoms with Crippen molar-refractivity contribution in [2.45, 2.75) is 26.2 Å². The van der Waals surface area contributed by atoms with Crippen molar-refractivity contribution in [3.63, 3.8) is 0 Å². The first-order valence-electron chi connectivity index (χ1n) is 8.12. The second-order valence-corrected chi connectivity index (χ2v) is 6.13. The zero-order valence-corrected chi connectivity index (χ0v) is 13.2. The number of anilines is 1. The van der Waals surface area contributed by atoms with E-state index in [2.05, 4.69) is 14.9 Å². The van der Waals surface area contributed by atoms with E-state index in [1.54, 1.807) is 0 Å². The minimum atomic E-state index is 0.286. The van der Waals surface area contributed by atoms with Gasteiger partial charge in [-0.3, -0.25) is 4.79 Å². The molecule has 1 aromatic rings. The lowest BCUT2D eigenvalue weighted by atomic mass is 9.93. The van der Waals surface area contributed by atoms with Crippen LogP contribution < -0.4 is 4.90 Å². The lowest BCUT2D eigenvalue weighted by Gasteiger charge is -2.33. The number of ether oxygens (including phenoxy) is 1. The van der Waals surface area contributed by atoms with E-state index in [0.29, 0.717) is 25.6 Å². The lowest BCUT2D eigenvalue weighted by molar-refractivity contribution is -0.136. The Morgan fingerprint density at radius 1 is 1.27 bits per heavy atom. The first-order valence-corrected chi connectivity index (χ1v) is 8.12. The lowest BCUT2D eigenvalue weighted by Crippen LogP contribution is -2.42. The average molecular weight is 304 g/mol. The summed E-state index contributed by atoms with van der Waals surface area (Å²) in [6, 6.07) is 1.91. The van der Waals surface area contributed by atoms with Crippen LogP contribution in [0, 0.1) is 12.8 Å². The first kappa shape index (κ1) is 15.2. The minimum Gasteiger partial charge on any atom is -0.378 e. The van der Waals surface area contributed by atoms with Gasteiger partial charge in [-0.1, -0.05) is 0 Å². The number of aromatic nitrogens is 2. The van der Waals surface area contributed by atoms with Crippen molar-refractivity contribution in [1.82, 2.24) is 14.9 Å². The second-order valence-electron chi connectivity index (χ2n) is 6.13. The van der Waals surface area contributed by atoms with E-state index in [0.717, 1.165) is 50.7 Å². The number of hydrogen-bond donors (Lipinski definition) is 0. The zero-order valence-electron chi connectivity index (χ0n) is 13.2. The summed E-state index contributed by atoms with van der Waals surface area (Å²) in [6.07, 6.45) is 4.55. The van der Waals surface area contributed by atoms with Gasteiger partial charge in [0, 0.05) is 44.5 Å². The van der Waals surface area contributed by atoms with Crippen molar-refractivity contribution in [3.05, 3.63) is 18.0 Å². The molecule has 6 heteroatoms. The maximum Gasteiger partial charge on any atom is 0.225 e. The second kappa shape index (κ2) is 7.05. The molecule has 3 rings (SSSR count). The van der Waals surface area contributed by atoms with Crippen molar-refractivity contribution >= 4 is 11.9 Å². The van der Waals surface area contributed by atoms with Gasteiger partial charge >= 0.3 is 0 Å². The van der Waals surface area contributed by atoms with Crippen molar-refractivity contribution in [3.8, 4) is 0 Å². The molecule has 1 aromatic heterocycles. The largest absolute Gasteiger partial charge is 0.378 e. The summed E-state index contributed by atoms with van der Waals surface area (Å²) in [5.41, 5.74) is 0.995. The number of piperidine rings is 1. The maximum atomic E-state index is 12.3. The van der Waals surface area contributed by atoms with Crippen LogP contribution in [-0.4, -0.2) is 60.2 Å². The number of hydrogen-bond acceptors (Lipinski definition) is 5. The third-order valence-electron chi connectivity index (χ3n) is 4.51. The van der Waals surface area contributed by atoms with Crippen molar-refractivity contribution in [2.24, 2.45) is 5.92 Å². The van der Waals surface area contributed by atoms with E-state index in [-0.39, 0.29) is 5.91 Å². The van der Waals surface area contributed by atoms with Crippen LogP contribution in [0.15, 0.2) is 12.3 Å². The summed E-state index contributed by atoms with van der Waals surface area (Å²) >= 11 is 0. The monoisotopic (exact) mass is 304 g/mol. The third kappa shape index (κ3) is 3.74. The molecule has 2 aliphatic rings. The summed E-state index contributed by atoms with van der Waals surface area (Å²) in [6.45, 7) is 6.70. The Hall–Kier alpha value is -1.69. The molecule has 0 aliphatic carbocycles. The predicted octanol–water partition coefficient (Wildman–Crippen LogP) is 1.25. The third-order valence-corrected chi connectivity index (χ3v) is 4.51. The summed E-state index contributed by atoms with van der Waals surface area (Å²) < 4.78 is 5.30. The average Bonchev–Trinajstić information content (AvgIpc) is 2.56. The minimum absolute atomic E-state index is 0.286. The number of aryl methyl sites for hydroxylation is 1. The molecule has 2 fully saturated rings. The van der Waals surface area contributed by atoms with Crippen LogP contribution in [0.5, 0.6) is 0 Å². The highest BCUT2D eigenvalue weighted by Gasteiger charge is 2.25. The SMILES string of the molecule is Cc1ccnc(N2CCC(CC(=O)N3CCOCC3)CC2)n1. The van der Waals surface area contributed by atoms with E-state index < -0.39 is 0 Å². The van der Waals surface area contributed by atoms with Gasteiger partial charge in [0.25, 0.3) is 0 Å². The van der Waals surface area contributed by atoms with E-state index in [9.17, 15) is 4.79 Å². The predicted molar refractivity (Wildman–Crippen MR) is 83.7 cm³/mol. The van der Waals surface area contributed by atoms with Crippen LogP contribution in [-0.2, 0) is 9.53 Å². The molecular weight excluding hydrogens is 280 g/mol. The Morgan fingerprint density at radius 3 is 2.68 bits per heavy atom. The molecular formula is C16H24N4O2. The molecule has 2 aliphatic heterocycles. The zero-order chi connectivity index (χ0) is 15.4. The quantitative estimate of drug-likeness (QED) is 0.841. The van der Waals surface area contributed by atoms with Gasteiger partial charge in [0.15, 0.2) is 0 Å². The molecule has 0 spiro atoms. The molecule has 120 valence electrons. The van der Waals surface area contributed by atoms with Crippen molar-refractivity contribution < 1.29 is 9.53 Å². The highest BCUT2D eigenvalue weighted by atomic mass is 16.5. The van der Waals surface area contributed by atoms with Gasteiger partial charge in [-0.2, -0.15) is 0 Å². The summed E-state index contributed by atoms with van der Waals surface area (Å²) in [4.78, 5) is 25.3. The molecule has 22 heavy (non-hydrogen) atoms. The van der Waals surface area contributed by atoms with Crippen LogP contribution in [0.4, 0.5) is 5.95 Å². The number of nitrogens with zero attached hydrogens (tertiary/aromatic N) is 4. The molecule has 6 nitrogen and oxygen atoms in total. The van der Waals surface area contributed by atoms with E-state index in [1.807, 2.05) is 24.1 Å². The molecule has 0 radical (unpaired) electrons. The number of morpholine rings is 1. The summed E-state index contributed by atoms with van der Waals surface area (Å²) in [5.74, 6) is 1.59. The normalized spacial score (nSPS) is 20.2. The highest BCUT2D eigenvalue weighted by molar-refractivity contribution is 5.76. The van der Waals surface area contributed by atoms with Crippen molar-refractivity contribution in [2.75, 3.05) is 44.3 Å². The fourth-order valence-corrected chi connectivity index (χ4v) is 3.11. The number of carbonyl (C=O) groups is 1. The van der Waals surface area contributed by atoms with Crippen LogP contribution >= 0.6 is 0 Å². The Balaban J connectivity index is 1.48. The van der Waals surface area contributed by atoms with Gasteiger partial charge in [-0.25, -0.2) is 9.97 Å². The van der Waals surface area contributed by atoms with E-state index >= 15 is 0 Å². The number of carbonyl (C=O) groups excluding carboxylic acids is 1. The van der Waals surface area contributed by atoms with Gasteiger partial charge in [-0.15, -0.1) is 0 Å². The maximum absolute atomic E-state index is 12.3. The Labute approximate surface area is 131 Å². The van der Waals surface area contributed by atoms with Crippen LogP contribution in [0.2, 0.25) is 0 Å². The molecule has 3 heterocycles. The van der Waals surface area contributed by atoms with Crippen LogP contribution in [0.1, 0.15) is 25.0 Å². The smallest absolute Gasteiger partial charge is 0.225 e. The molecule has 0 N–H and O–H groups in total. The van der Waals surface area contributed by atoms with E-state index in [4.69, 9.17) is 4.74 Å². The fraction of sp³-hybridized carbons (Fsp3) is 0.688. The van der Waals surface area contributed by atoms with Gasteiger partial charge in [0.1, 0.15) is 0 Å². The molecule has 0 aromatic carbocycles. The Bertz CT molecular complexity index is 509. The molecule has 0 atom stereocenters. The topological polar surface area (TPSA) is 58.6 Å². The molecule has 2 saturated heterocycles. The van der Waals surface area contributed by atoms with Gasteiger partial charge < -0.3 is 14.5 Å². The molecule has 0 bridgehead atoms. The highest BCUT2D eigenvalue weighted by Crippen LogP contribution is 2.24. The molecule has 1 amide bonds. The molecule has 0 unspecified atom stereocenters. The van der Waals surface area contributed by atoms with E-state index in [1.165, 1.54) is 0 Å². The van der Waals surface area contributed by atoms with Crippen LogP contribution in [0.25, 0.3) is 0 Å². The summed E-state index contributed by atoms with van der Waals surface area (Å²) in [5, 5.41) is 0. The number of rotatable bonds is 3. The standard InChI is InChI=1S/C16H24N4O2/c1-13-2-5-17-16(18-13)20-6-3-14(4-7-20)12-15(21)19-8-10-22-11-9-19/h2,5,14H,3-4,6-12H2,1H3. The number of amides is 1. The fourth-order valence-electron chi connectivity index (χ4n) is 3.11. The van der Waals surface area contributed by atoms with Crippen molar-refractivity contribution in [1.29, 1.82) is 0 Å². The van der Waals surface area contributed by atoms with Gasteiger partial charge in [0.05, 0.1) is 13.2 Å². The Morgan fingerprint density at radius 2 is 2.00 bits per heavy atom. The van der Waals surface area contributed by atoms with Crippen LogP contribution in [0.3, 0.4) is 0 Å². The summed E-state index contributed by atoms with van der Waals surface area (Å²) in [7, 11) is 0. The van der Waals surface area contributed by atoms with Gasteiger partial charge in [0.2, 0.25) is 11.9 Å². The molecule has 0 saturated carbocycles. The first-order chi connectivity index (χ1) is 10.7. The van der Waals surface area contributed by atoms with Gasteiger partial charge in [-0.05, 0) is 31.7 Å². The Kier molecular flexibility index (Phi) is 4.87.